The molecule has 0 atom stereocenters. The van der Waals surface area contributed by atoms with Crippen LogP contribution in [-0.4, -0.2) is 31.6 Å². The summed E-state index contributed by atoms with van der Waals surface area (Å²) in [5.41, 5.74) is 3.00. The largest absolute Gasteiger partial charge is 0.493 e. The maximum absolute atomic E-state index is 8.79. The quantitative estimate of drug-likeness (QED) is 0.783. The number of para-hydroxylation sites is 1. The molecule has 100 valence electrons. The van der Waals surface area contributed by atoms with Gasteiger partial charge in [0.25, 0.3) is 0 Å². The summed E-state index contributed by atoms with van der Waals surface area (Å²) in [5.74, 6) is 1.39. The summed E-state index contributed by atoms with van der Waals surface area (Å²) in [5, 5.41) is 8.79. The summed E-state index contributed by atoms with van der Waals surface area (Å²) in [6.07, 6.45) is 1.96. The summed E-state index contributed by atoms with van der Waals surface area (Å²) in [6, 6.07) is 5.66. The molecule has 0 spiro atoms. The Labute approximate surface area is 107 Å². The second-order valence-corrected chi connectivity index (χ2v) is 4.21. The molecular formula is C13H19NO4. The molecule has 1 aromatic carbocycles. The molecule has 0 aliphatic carbocycles. The molecule has 5 nitrogen and oxygen atoms in total. The molecule has 18 heavy (non-hydrogen) atoms. The smallest absolute Gasteiger partial charge is 0.165 e. The molecule has 5 heteroatoms. The van der Waals surface area contributed by atoms with Gasteiger partial charge in [0.2, 0.25) is 0 Å². The fourth-order valence-electron chi connectivity index (χ4n) is 2.08. The van der Waals surface area contributed by atoms with Crippen molar-refractivity contribution in [2.45, 2.75) is 25.5 Å². The molecule has 0 unspecified atom stereocenters. The Morgan fingerprint density at radius 2 is 2.17 bits per heavy atom. The van der Waals surface area contributed by atoms with Crippen LogP contribution in [0.15, 0.2) is 18.2 Å². The number of hydroxylamine groups is 1. The van der Waals surface area contributed by atoms with Gasteiger partial charge in [0.15, 0.2) is 11.5 Å². The van der Waals surface area contributed by atoms with E-state index in [-0.39, 0.29) is 6.10 Å². The highest BCUT2D eigenvalue weighted by Gasteiger charge is 2.18. The minimum Gasteiger partial charge on any atom is -0.493 e. The van der Waals surface area contributed by atoms with Gasteiger partial charge in [-0.05, 0) is 6.07 Å². The van der Waals surface area contributed by atoms with Crippen molar-refractivity contribution in [3.05, 3.63) is 23.8 Å². The van der Waals surface area contributed by atoms with Gasteiger partial charge < -0.3 is 19.4 Å². The molecule has 1 aromatic rings. The molecular weight excluding hydrogens is 234 g/mol. The lowest BCUT2D eigenvalue weighted by Gasteiger charge is -2.24. The lowest BCUT2D eigenvalue weighted by atomic mass is 10.1. The second kappa shape index (κ2) is 6.58. The Balaban J connectivity index is 2.12. The van der Waals surface area contributed by atoms with Gasteiger partial charge in [-0.1, -0.05) is 12.1 Å². The van der Waals surface area contributed by atoms with Crippen LogP contribution >= 0.6 is 0 Å². The van der Waals surface area contributed by atoms with Crippen LogP contribution in [0.25, 0.3) is 0 Å². The zero-order chi connectivity index (χ0) is 12.8. The van der Waals surface area contributed by atoms with Crippen LogP contribution in [0.4, 0.5) is 0 Å². The highest BCUT2D eigenvalue weighted by Crippen LogP contribution is 2.32. The fourth-order valence-corrected chi connectivity index (χ4v) is 2.08. The molecule has 0 saturated carbocycles. The summed E-state index contributed by atoms with van der Waals surface area (Å²) in [7, 11) is 1.60. The first-order valence-electron chi connectivity index (χ1n) is 6.12. The van der Waals surface area contributed by atoms with E-state index in [1.165, 1.54) is 0 Å². The van der Waals surface area contributed by atoms with Crippen LogP contribution in [0.5, 0.6) is 11.5 Å². The normalized spacial score (nSPS) is 16.6. The maximum atomic E-state index is 8.79. The van der Waals surface area contributed by atoms with Gasteiger partial charge in [-0.2, -0.15) is 0 Å². The van der Waals surface area contributed by atoms with Crippen LogP contribution in [0, 0.1) is 0 Å². The van der Waals surface area contributed by atoms with E-state index in [2.05, 4.69) is 5.48 Å². The van der Waals surface area contributed by atoms with Gasteiger partial charge in [0, 0.05) is 24.9 Å². The Morgan fingerprint density at radius 1 is 1.39 bits per heavy atom. The van der Waals surface area contributed by atoms with E-state index in [0.29, 0.717) is 12.3 Å². The fraction of sp³-hybridized carbons (Fsp3) is 0.538. The number of rotatable bonds is 5. The molecule has 1 aliphatic heterocycles. The standard InChI is InChI=1S/C13H19NO4/c1-16-13-10(9-14-15)3-2-4-12(13)18-11-5-7-17-8-6-11/h2-4,11,14-15H,5-9H2,1H3. The lowest BCUT2D eigenvalue weighted by molar-refractivity contribution is 0.0244. The van der Waals surface area contributed by atoms with Crippen molar-refractivity contribution in [3.8, 4) is 11.5 Å². The number of benzene rings is 1. The molecule has 0 bridgehead atoms. The number of hydrogen-bond acceptors (Lipinski definition) is 5. The van der Waals surface area contributed by atoms with E-state index in [1.54, 1.807) is 7.11 Å². The zero-order valence-corrected chi connectivity index (χ0v) is 10.5. The molecule has 0 amide bonds. The number of nitrogens with one attached hydrogen (secondary N) is 1. The minimum atomic E-state index is 0.171. The highest BCUT2D eigenvalue weighted by molar-refractivity contribution is 5.46. The average molecular weight is 253 g/mol. The van der Waals surface area contributed by atoms with Gasteiger partial charge in [-0.15, -0.1) is 0 Å². The van der Waals surface area contributed by atoms with Gasteiger partial charge in [-0.25, -0.2) is 5.48 Å². The number of hydrogen-bond donors (Lipinski definition) is 2. The Kier molecular flexibility index (Phi) is 4.81. The number of ether oxygens (including phenoxy) is 3. The van der Waals surface area contributed by atoms with Crippen LogP contribution in [0.2, 0.25) is 0 Å². The maximum Gasteiger partial charge on any atom is 0.165 e. The van der Waals surface area contributed by atoms with Crippen molar-refractivity contribution >= 4 is 0 Å². The Bertz CT molecular complexity index is 377. The summed E-state index contributed by atoms with van der Waals surface area (Å²) in [6.45, 7) is 1.81. The summed E-state index contributed by atoms with van der Waals surface area (Å²) in [4.78, 5) is 0. The van der Waals surface area contributed by atoms with Crippen molar-refractivity contribution in [2.75, 3.05) is 20.3 Å². The lowest BCUT2D eigenvalue weighted by Crippen LogP contribution is -2.26. The van der Waals surface area contributed by atoms with Gasteiger partial charge >= 0.3 is 0 Å². The minimum absolute atomic E-state index is 0.171. The monoisotopic (exact) mass is 253 g/mol. The van der Waals surface area contributed by atoms with Gasteiger partial charge in [0.1, 0.15) is 6.10 Å². The van der Waals surface area contributed by atoms with E-state index in [9.17, 15) is 0 Å². The topological polar surface area (TPSA) is 60.0 Å². The molecule has 0 radical (unpaired) electrons. The van der Waals surface area contributed by atoms with Crippen molar-refractivity contribution in [1.29, 1.82) is 0 Å². The van der Waals surface area contributed by atoms with E-state index in [0.717, 1.165) is 37.4 Å². The van der Waals surface area contributed by atoms with Crippen molar-refractivity contribution < 1.29 is 19.4 Å². The predicted molar refractivity (Wildman–Crippen MR) is 66.1 cm³/mol. The molecule has 1 aliphatic rings. The van der Waals surface area contributed by atoms with Crippen LogP contribution in [-0.2, 0) is 11.3 Å². The van der Waals surface area contributed by atoms with E-state index >= 15 is 0 Å². The molecule has 0 aromatic heterocycles. The third-order valence-corrected chi connectivity index (χ3v) is 3.00. The van der Waals surface area contributed by atoms with Gasteiger partial charge in [0.05, 0.1) is 20.3 Å². The highest BCUT2D eigenvalue weighted by atomic mass is 16.5. The van der Waals surface area contributed by atoms with E-state index in [4.69, 9.17) is 19.4 Å². The number of methoxy groups -OCH3 is 1. The first-order valence-corrected chi connectivity index (χ1v) is 6.12. The third-order valence-electron chi connectivity index (χ3n) is 3.00. The summed E-state index contributed by atoms with van der Waals surface area (Å²) < 4.78 is 16.6. The van der Waals surface area contributed by atoms with Crippen molar-refractivity contribution in [3.63, 3.8) is 0 Å². The second-order valence-electron chi connectivity index (χ2n) is 4.21. The SMILES string of the molecule is COc1c(CNO)cccc1OC1CCOCC1. The van der Waals surface area contributed by atoms with Gasteiger partial charge in [-0.3, -0.25) is 0 Å². The molecule has 1 heterocycles. The molecule has 2 N–H and O–H groups in total. The average Bonchev–Trinajstić information content (AvgIpc) is 2.41. The zero-order valence-electron chi connectivity index (χ0n) is 10.5. The first kappa shape index (κ1) is 13.1. The van der Waals surface area contributed by atoms with Crippen molar-refractivity contribution in [2.24, 2.45) is 0 Å². The van der Waals surface area contributed by atoms with E-state index in [1.807, 2.05) is 18.2 Å². The summed E-state index contributed by atoms with van der Waals surface area (Å²) >= 11 is 0. The van der Waals surface area contributed by atoms with Crippen molar-refractivity contribution in [1.82, 2.24) is 5.48 Å². The Hall–Kier alpha value is -1.30. The van der Waals surface area contributed by atoms with Crippen LogP contribution in [0.3, 0.4) is 0 Å². The first-order chi connectivity index (χ1) is 8.85. The van der Waals surface area contributed by atoms with Crippen LogP contribution in [0.1, 0.15) is 18.4 Å². The molecule has 1 saturated heterocycles. The Morgan fingerprint density at radius 3 is 2.83 bits per heavy atom. The third kappa shape index (κ3) is 3.13. The molecule has 1 fully saturated rings. The molecule has 2 rings (SSSR count). The predicted octanol–water partition coefficient (Wildman–Crippen LogP) is 1.73. The van der Waals surface area contributed by atoms with Crippen LogP contribution < -0.4 is 15.0 Å². The van der Waals surface area contributed by atoms with E-state index < -0.39 is 0 Å².